The molecule has 100 valence electrons. The molecule has 1 aromatic rings. The Bertz CT molecular complexity index is 372. The van der Waals surface area contributed by atoms with Gasteiger partial charge in [-0.3, -0.25) is 9.59 Å². The first-order chi connectivity index (χ1) is 8.58. The Kier molecular flexibility index (Phi) is 8.27. The average molecular weight is 250 g/mol. The van der Waals surface area contributed by atoms with Gasteiger partial charge in [0.25, 0.3) is 0 Å². The molecule has 0 fully saturated rings. The van der Waals surface area contributed by atoms with Crippen LogP contribution in [0.25, 0.3) is 0 Å². The first kappa shape index (κ1) is 16.2. The molecule has 4 heteroatoms. The van der Waals surface area contributed by atoms with E-state index in [4.69, 9.17) is 0 Å². The summed E-state index contributed by atoms with van der Waals surface area (Å²) < 4.78 is 0. The van der Waals surface area contributed by atoms with Crippen LogP contribution in [-0.2, 0) is 16.0 Å². The smallest absolute Gasteiger partial charge is 0.221 e. The van der Waals surface area contributed by atoms with Crippen LogP contribution in [0.1, 0.15) is 33.3 Å². The molecule has 0 unspecified atom stereocenters. The van der Waals surface area contributed by atoms with Crippen LogP contribution < -0.4 is 10.6 Å². The summed E-state index contributed by atoms with van der Waals surface area (Å²) in [5.74, 6) is -0.0964. The van der Waals surface area contributed by atoms with Gasteiger partial charge in [-0.1, -0.05) is 26.0 Å². The zero-order chi connectivity index (χ0) is 14.0. The van der Waals surface area contributed by atoms with Gasteiger partial charge in [0.2, 0.25) is 11.8 Å². The van der Waals surface area contributed by atoms with Gasteiger partial charge in [0.1, 0.15) is 0 Å². The number of hydrogen-bond donors (Lipinski definition) is 2. The van der Waals surface area contributed by atoms with E-state index in [9.17, 15) is 9.59 Å². The second kappa shape index (κ2) is 9.22. The Balaban J connectivity index is 0.00000137. The number of amides is 2. The summed E-state index contributed by atoms with van der Waals surface area (Å²) in [5, 5.41) is 5.43. The predicted molar refractivity (Wildman–Crippen MR) is 74.5 cm³/mol. The first-order valence-electron chi connectivity index (χ1n) is 6.19. The number of anilines is 1. The van der Waals surface area contributed by atoms with Gasteiger partial charge in [-0.25, -0.2) is 0 Å². The number of rotatable bonds is 4. The molecule has 2 N–H and O–H groups in total. The lowest BCUT2D eigenvalue weighted by Gasteiger charge is -2.05. The summed E-state index contributed by atoms with van der Waals surface area (Å²) in [7, 11) is 0. The Labute approximate surface area is 109 Å². The largest absolute Gasteiger partial charge is 0.356 e. The van der Waals surface area contributed by atoms with Crippen molar-refractivity contribution >= 4 is 17.5 Å². The van der Waals surface area contributed by atoms with Crippen molar-refractivity contribution in [1.29, 1.82) is 0 Å². The Morgan fingerprint density at radius 1 is 1.00 bits per heavy atom. The maximum atomic E-state index is 10.8. The molecular weight excluding hydrogens is 228 g/mol. The molecule has 1 aromatic carbocycles. The van der Waals surface area contributed by atoms with Crippen molar-refractivity contribution in [3.8, 4) is 0 Å². The molecule has 0 atom stereocenters. The van der Waals surface area contributed by atoms with Crippen molar-refractivity contribution in [2.75, 3.05) is 11.9 Å². The minimum Gasteiger partial charge on any atom is -0.356 e. The predicted octanol–water partition coefficient (Wildman–Crippen LogP) is 2.35. The van der Waals surface area contributed by atoms with Crippen LogP contribution in [-0.4, -0.2) is 18.4 Å². The SMILES string of the molecule is CC.CC(=O)NCCc1ccc(NC(C)=O)cc1. The van der Waals surface area contributed by atoms with E-state index in [-0.39, 0.29) is 11.8 Å². The van der Waals surface area contributed by atoms with Gasteiger partial charge in [0.05, 0.1) is 0 Å². The fourth-order valence-electron chi connectivity index (χ4n) is 1.34. The number of carbonyl (C=O) groups is 2. The molecule has 0 aliphatic rings. The molecule has 0 aliphatic heterocycles. The van der Waals surface area contributed by atoms with Crippen LogP contribution in [0.4, 0.5) is 5.69 Å². The van der Waals surface area contributed by atoms with Crippen molar-refractivity contribution in [3.63, 3.8) is 0 Å². The van der Waals surface area contributed by atoms with Gasteiger partial charge in [-0.15, -0.1) is 0 Å². The Hall–Kier alpha value is -1.84. The van der Waals surface area contributed by atoms with Crippen molar-refractivity contribution < 1.29 is 9.59 Å². The summed E-state index contributed by atoms with van der Waals surface area (Å²) >= 11 is 0. The number of nitrogens with one attached hydrogen (secondary N) is 2. The van der Waals surface area contributed by atoms with Crippen molar-refractivity contribution in [1.82, 2.24) is 5.32 Å². The monoisotopic (exact) mass is 250 g/mol. The molecular formula is C14H22N2O2. The van der Waals surface area contributed by atoms with E-state index in [0.717, 1.165) is 17.7 Å². The van der Waals surface area contributed by atoms with Crippen LogP contribution >= 0.6 is 0 Å². The van der Waals surface area contributed by atoms with E-state index >= 15 is 0 Å². The molecule has 0 heterocycles. The summed E-state index contributed by atoms with van der Waals surface area (Å²) in [6, 6.07) is 7.58. The molecule has 2 amide bonds. The lowest BCUT2D eigenvalue weighted by molar-refractivity contribution is -0.119. The third kappa shape index (κ3) is 7.44. The number of carbonyl (C=O) groups excluding carboxylic acids is 2. The van der Waals surface area contributed by atoms with Gasteiger partial charge >= 0.3 is 0 Å². The van der Waals surface area contributed by atoms with Crippen LogP contribution in [0, 0.1) is 0 Å². The average Bonchev–Trinajstić information content (AvgIpc) is 2.33. The highest BCUT2D eigenvalue weighted by atomic mass is 16.2. The second-order valence-corrected chi connectivity index (χ2v) is 3.61. The van der Waals surface area contributed by atoms with Crippen molar-refractivity contribution in [2.24, 2.45) is 0 Å². The van der Waals surface area contributed by atoms with E-state index in [2.05, 4.69) is 10.6 Å². The molecule has 0 bridgehead atoms. The van der Waals surface area contributed by atoms with Gasteiger partial charge in [-0.2, -0.15) is 0 Å². The Morgan fingerprint density at radius 3 is 2.00 bits per heavy atom. The molecule has 0 saturated carbocycles. The quantitative estimate of drug-likeness (QED) is 0.861. The van der Waals surface area contributed by atoms with E-state index < -0.39 is 0 Å². The molecule has 0 spiro atoms. The van der Waals surface area contributed by atoms with Gasteiger partial charge in [0, 0.05) is 26.1 Å². The van der Waals surface area contributed by atoms with Crippen LogP contribution in [0.15, 0.2) is 24.3 Å². The summed E-state index contributed by atoms with van der Waals surface area (Å²) in [4.78, 5) is 21.4. The van der Waals surface area contributed by atoms with Gasteiger partial charge in [-0.05, 0) is 24.1 Å². The minimum atomic E-state index is -0.0778. The van der Waals surface area contributed by atoms with Gasteiger partial charge in [0.15, 0.2) is 0 Å². The third-order valence-corrected chi connectivity index (χ3v) is 2.06. The first-order valence-corrected chi connectivity index (χ1v) is 6.19. The highest BCUT2D eigenvalue weighted by Gasteiger charge is 1.97. The normalized spacial score (nSPS) is 8.89. The third-order valence-electron chi connectivity index (χ3n) is 2.06. The van der Waals surface area contributed by atoms with Crippen LogP contribution in [0.5, 0.6) is 0 Å². The lowest BCUT2D eigenvalue weighted by Crippen LogP contribution is -2.22. The maximum absolute atomic E-state index is 10.8. The minimum absolute atomic E-state index is 0.0186. The highest BCUT2D eigenvalue weighted by Crippen LogP contribution is 2.09. The summed E-state index contributed by atoms with van der Waals surface area (Å²) in [5.41, 5.74) is 1.92. The fraction of sp³-hybridized carbons (Fsp3) is 0.429. The van der Waals surface area contributed by atoms with E-state index in [1.165, 1.54) is 13.8 Å². The summed E-state index contributed by atoms with van der Waals surface area (Å²) in [6.45, 7) is 7.61. The maximum Gasteiger partial charge on any atom is 0.221 e. The summed E-state index contributed by atoms with van der Waals surface area (Å²) in [6.07, 6.45) is 0.792. The zero-order valence-corrected chi connectivity index (χ0v) is 11.5. The number of hydrogen-bond acceptors (Lipinski definition) is 2. The van der Waals surface area contributed by atoms with E-state index in [1.54, 1.807) is 0 Å². The topological polar surface area (TPSA) is 58.2 Å². The molecule has 4 nitrogen and oxygen atoms in total. The van der Waals surface area contributed by atoms with Gasteiger partial charge < -0.3 is 10.6 Å². The highest BCUT2D eigenvalue weighted by molar-refractivity contribution is 5.88. The van der Waals surface area contributed by atoms with Crippen LogP contribution in [0.3, 0.4) is 0 Å². The van der Waals surface area contributed by atoms with Crippen molar-refractivity contribution in [3.05, 3.63) is 29.8 Å². The number of benzene rings is 1. The van der Waals surface area contributed by atoms with E-state index in [0.29, 0.717) is 6.54 Å². The zero-order valence-electron chi connectivity index (χ0n) is 11.5. The molecule has 0 saturated heterocycles. The van der Waals surface area contributed by atoms with Crippen molar-refractivity contribution in [2.45, 2.75) is 34.1 Å². The Morgan fingerprint density at radius 2 is 1.56 bits per heavy atom. The lowest BCUT2D eigenvalue weighted by atomic mass is 10.1. The standard InChI is InChI=1S/C12H16N2O2.C2H6/c1-9(15)13-8-7-11-3-5-12(6-4-11)14-10(2)16;1-2/h3-6H,7-8H2,1-2H3,(H,13,15)(H,14,16);1-2H3. The molecule has 0 aliphatic carbocycles. The van der Waals surface area contributed by atoms with E-state index in [1.807, 2.05) is 38.1 Å². The molecule has 18 heavy (non-hydrogen) atoms. The molecule has 0 aromatic heterocycles. The van der Waals surface area contributed by atoms with Crippen LogP contribution in [0.2, 0.25) is 0 Å². The second-order valence-electron chi connectivity index (χ2n) is 3.61. The molecule has 0 radical (unpaired) electrons. The fourth-order valence-corrected chi connectivity index (χ4v) is 1.34. The molecule has 1 rings (SSSR count).